The second-order valence-corrected chi connectivity index (χ2v) is 9.79. The van der Waals surface area contributed by atoms with E-state index in [0.29, 0.717) is 23.3 Å². The number of fused-ring (bicyclic) bond motifs is 2. The van der Waals surface area contributed by atoms with Gasteiger partial charge in [0.2, 0.25) is 0 Å². The van der Waals surface area contributed by atoms with Crippen molar-refractivity contribution in [2.45, 2.75) is 18.2 Å². The summed E-state index contributed by atoms with van der Waals surface area (Å²) in [5, 5.41) is -0.471. The summed E-state index contributed by atoms with van der Waals surface area (Å²) >= 11 is 0. The van der Waals surface area contributed by atoms with Gasteiger partial charge < -0.3 is 14.4 Å². The molecule has 2 fully saturated rings. The molecule has 0 aromatic carbocycles. The number of rotatable bonds is 2. The van der Waals surface area contributed by atoms with Crippen molar-refractivity contribution in [3.63, 3.8) is 0 Å². The second-order valence-electron chi connectivity index (χ2n) is 7.52. The largest absolute Gasteiger partial charge is 0.337 e. The van der Waals surface area contributed by atoms with Crippen molar-refractivity contribution in [3.05, 3.63) is 23.7 Å². The SMILES string of the molecule is Cc1nc2c(C(=O)N3C[C@H]4[C@@H](N(C)C)CS(=O)(=O)[C@H]4C3)ccnc2n1C. The number of hydrogen-bond donors (Lipinski definition) is 0. The van der Waals surface area contributed by atoms with Crippen molar-refractivity contribution in [1.82, 2.24) is 24.3 Å². The smallest absolute Gasteiger partial charge is 0.256 e. The van der Waals surface area contributed by atoms with Gasteiger partial charge in [-0.2, -0.15) is 0 Å². The molecule has 140 valence electrons. The molecular formula is C17H23N5O3S. The average molecular weight is 377 g/mol. The molecule has 0 bridgehead atoms. The van der Waals surface area contributed by atoms with Gasteiger partial charge in [-0.05, 0) is 27.1 Å². The molecular weight excluding hydrogens is 354 g/mol. The van der Waals surface area contributed by atoms with Crippen molar-refractivity contribution in [3.8, 4) is 0 Å². The van der Waals surface area contributed by atoms with Crippen LogP contribution in [0.2, 0.25) is 0 Å². The lowest BCUT2D eigenvalue weighted by molar-refractivity contribution is 0.0781. The van der Waals surface area contributed by atoms with Gasteiger partial charge in [0.15, 0.2) is 15.5 Å². The van der Waals surface area contributed by atoms with E-state index in [1.165, 1.54) is 0 Å². The van der Waals surface area contributed by atoms with Crippen LogP contribution in [0, 0.1) is 12.8 Å². The Bertz CT molecular complexity index is 997. The third kappa shape index (κ3) is 2.44. The summed E-state index contributed by atoms with van der Waals surface area (Å²) in [7, 11) is 2.48. The van der Waals surface area contributed by atoms with Crippen molar-refractivity contribution in [1.29, 1.82) is 0 Å². The lowest BCUT2D eigenvalue weighted by atomic mass is 10.00. The van der Waals surface area contributed by atoms with Gasteiger partial charge in [-0.15, -0.1) is 0 Å². The average Bonchev–Trinajstić information content (AvgIpc) is 3.21. The minimum atomic E-state index is -3.18. The molecule has 1 amide bonds. The molecule has 9 heteroatoms. The Morgan fingerprint density at radius 2 is 2.04 bits per heavy atom. The summed E-state index contributed by atoms with van der Waals surface area (Å²) in [6.45, 7) is 2.58. The van der Waals surface area contributed by atoms with Gasteiger partial charge in [0.25, 0.3) is 5.91 Å². The molecule has 26 heavy (non-hydrogen) atoms. The van der Waals surface area contributed by atoms with Gasteiger partial charge in [-0.25, -0.2) is 18.4 Å². The molecule has 0 N–H and O–H groups in total. The highest BCUT2D eigenvalue weighted by atomic mass is 32.2. The zero-order chi connectivity index (χ0) is 18.8. The molecule has 8 nitrogen and oxygen atoms in total. The van der Waals surface area contributed by atoms with Crippen LogP contribution in [-0.4, -0.2) is 82.9 Å². The maximum atomic E-state index is 13.1. The highest BCUT2D eigenvalue weighted by Gasteiger charge is 2.53. The van der Waals surface area contributed by atoms with Crippen LogP contribution in [-0.2, 0) is 16.9 Å². The molecule has 2 aliphatic rings. The summed E-state index contributed by atoms with van der Waals surface area (Å²) in [6.07, 6.45) is 1.60. The lowest BCUT2D eigenvalue weighted by Crippen LogP contribution is -2.38. The van der Waals surface area contributed by atoms with Gasteiger partial charge in [-0.3, -0.25) is 4.79 Å². The first-order valence-corrected chi connectivity index (χ1v) is 10.4. The van der Waals surface area contributed by atoms with Crippen LogP contribution < -0.4 is 0 Å². The standard InChI is InChI=1S/C17H23N5O3S/c1-10-19-15-11(5-6-18-16(15)21(10)4)17(23)22-7-12-13(20(2)3)9-26(24,25)14(12)8-22/h5-6,12-14H,7-9H2,1-4H3/t12-,13-,14-/m0/s1. The molecule has 4 rings (SSSR count). The van der Waals surface area contributed by atoms with Crippen LogP contribution in [0.5, 0.6) is 0 Å². The van der Waals surface area contributed by atoms with Crippen LogP contribution in [0.4, 0.5) is 0 Å². The van der Waals surface area contributed by atoms with Crippen LogP contribution in [0.25, 0.3) is 11.2 Å². The van der Waals surface area contributed by atoms with Crippen molar-refractivity contribution >= 4 is 26.9 Å². The predicted octanol–water partition coefficient (Wildman–Crippen LogP) is 0.0759. The monoisotopic (exact) mass is 377 g/mol. The van der Waals surface area contributed by atoms with Gasteiger partial charge in [0.05, 0.1) is 16.6 Å². The normalized spacial score (nSPS) is 27.4. The fraction of sp³-hybridized carbons (Fsp3) is 0.588. The van der Waals surface area contributed by atoms with Crippen LogP contribution in [0.1, 0.15) is 16.2 Å². The third-order valence-corrected chi connectivity index (χ3v) is 8.06. The third-order valence-electron chi connectivity index (χ3n) is 5.83. The molecule has 0 saturated carbocycles. The van der Waals surface area contributed by atoms with E-state index in [4.69, 9.17) is 0 Å². The fourth-order valence-corrected chi connectivity index (χ4v) is 6.74. The van der Waals surface area contributed by atoms with Gasteiger partial charge >= 0.3 is 0 Å². The Labute approximate surface area is 152 Å². The summed E-state index contributed by atoms with van der Waals surface area (Å²) in [5.74, 6) is 0.747. The maximum absolute atomic E-state index is 13.1. The molecule has 2 aliphatic heterocycles. The first-order valence-electron chi connectivity index (χ1n) is 8.66. The zero-order valence-corrected chi connectivity index (χ0v) is 16.2. The zero-order valence-electron chi connectivity index (χ0n) is 15.4. The van der Waals surface area contributed by atoms with Crippen molar-refractivity contribution in [2.24, 2.45) is 13.0 Å². The topological polar surface area (TPSA) is 88.4 Å². The Balaban J connectivity index is 1.68. The Hall–Kier alpha value is -2.00. The molecule has 0 aliphatic carbocycles. The molecule has 2 aromatic rings. The number of carbonyl (C=O) groups is 1. The van der Waals surface area contributed by atoms with Crippen LogP contribution in [0.15, 0.2) is 12.3 Å². The summed E-state index contributed by atoms with van der Waals surface area (Å²) in [4.78, 5) is 25.6. The first kappa shape index (κ1) is 17.4. The van der Waals surface area contributed by atoms with Crippen molar-refractivity contribution in [2.75, 3.05) is 32.9 Å². The quantitative estimate of drug-likeness (QED) is 0.736. The molecule has 4 heterocycles. The van der Waals surface area contributed by atoms with Crippen molar-refractivity contribution < 1.29 is 13.2 Å². The summed E-state index contributed by atoms with van der Waals surface area (Å²) < 4.78 is 26.9. The lowest BCUT2D eigenvalue weighted by Gasteiger charge is -2.25. The van der Waals surface area contributed by atoms with E-state index < -0.39 is 15.1 Å². The summed E-state index contributed by atoms with van der Waals surface area (Å²) in [5.41, 5.74) is 1.71. The number of amides is 1. The Morgan fingerprint density at radius 3 is 2.73 bits per heavy atom. The highest BCUT2D eigenvalue weighted by molar-refractivity contribution is 7.92. The second kappa shape index (κ2) is 5.75. The fourth-order valence-electron chi connectivity index (χ4n) is 4.26. The van der Waals surface area contributed by atoms with E-state index in [0.717, 1.165) is 5.82 Å². The number of hydrogen-bond acceptors (Lipinski definition) is 6. The molecule has 0 spiro atoms. The number of pyridine rings is 1. The van der Waals surface area contributed by atoms with E-state index in [9.17, 15) is 13.2 Å². The van der Waals surface area contributed by atoms with Gasteiger partial charge in [0.1, 0.15) is 11.3 Å². The highest BCUT2D eigenvalue weighted by Crippen LogP contribution is 2.36. The maximum Gasteiger partial charge on any atom is 0.256 e. The Morgan fingerprint density at radius 1 is 1.31 bits per heavy atom. The van der Waals surface area contributed by atoms with Gasteiger partial charge in [-0.1, -0.05) is 0 Å². The molecule has 0 radical (unpaired) electrons. The Kier molecular flexibility index (Phi) is 3.85. The number of sulfone groups is 1. The van der Waals surface area contributed by atoms with E-state index in [1.807, 2.05) is 37.5 Å². The molecule has 2 aromatic heterocycles. The van der Waals surface area contributed by atoms with E-state index in [1.54, 1.807) is 17.2 Å². The minimum absolute atomic E-state index is 0.0400. The first-order chi connectivity index (χ1) is 12.2. The van der Waals surface area contributed by atoms with Gasteiger partial charge in [0, 0.05) is 38.3 Å². The van der Waals surface area contributed by atoms with E-state index in [2.05, 4.69) is 9.97 Å². The number of nitrogens with zero attached hydrogens (tertiary/aromatic N) is 5. The number of likely N-dealkylation sites (tertiary alicyclic amines) is 1. The molecule has 2 saturated heterocycles. The number of imidazole rings is 1. The number of aryl methyl sites for hydroxylation is 2. The number of aromatic nitrogens is 3. The predicted molar refractivity (Wildman–Crippen MR) is 97.7 cm³/mol. The minimum Gasteiger partial charge on any atom is -0.337 e. The van der Waals surface area contributed by atoms with E-state index >= 15 is 0 Å². The van der Waals surface area contributed by atoms with Crippen LogP contribution >= 0.6 is 0 Å². The number of carbonyl (C=O) groups excluding carboxylic acids is 1. The van der Waals surface area contributed by atoms with E-state index in [-0.39, 0.29) is 30.2 Å². The summed E-state index contributed by atoms with van der Waals surface area (Å²) in [6, 6.07) is 1.63. The molecule has 3 atom stereocenters. The van der Waals surface area contributed by atoms with Crippen LogP contribution in [0.3, 0.4) is 0 Å². The molecule has 0 unspecified atom stereocenters.